The monoisotopic (exact) mass is 165 g/mol. The molecule has 0 fully saturated rings. The Labute approximate surface area is 59.3 Å². The van der Waals surface area contributed by atoms with Crippen LogP contribution in [0.15, 0.2) is 0 Å². The average molecular weight is 165 g/mol. The van der Waals surface area contributed by atoms with Gasteiger partial charge in [-0.1, -0.05) is 0 Å². The Hall–Kier alpha value is -0.406. The third kappa shape index (κ3) is 5.47. The van der Waals surface area contributed by atoms with Gasteiger partial charge in [0.1, 0.15) is 0 Å². The summed E-state index contributed by atoms with van der Waals surface area (Å²) in [5.74, 6) is -0.525. The Morgan fingerprint density at radius 2 is 2.11 bits per heavy atom. The Morgan fingerprint density at radius 3 is 2.44 bits per heavy atom. The maximum atomic E-state index is 10.4. The Morgan fingerprint density at radius 1 is 1.56 bits per heavy atom. The van der Waals surface area contributed by atoms with Crippen LogP contribution < -0.4 is 0 Å². The molecule has 0 N–H and O–H groups in total. The van der Waals surface area contributed by atoms with Crippen LogP contribution in [0, 0.1) is 0 Å². The number of carbonyl (C=O) groups excluding carboxylic acids is 2. The summed E-state index contributed by atoms with van der Waals surface area (Å²) in [4.78, 5) is 20.6. The number of rotatable bonds is 3. The van der Waals surface area contributed by atoms with E-state index in [4.69, 9.17) is 0 Å². The molecular weight excluding hydrogens is 159 g/mol. The van der Waals surface area contributed by atoms with Crippen molar-refractivity contribution in [2.75, 3.05) is 0 Å². The first-order valence-corrected chi connectivity index (χ1v) is 3.72. The van der Waals surface area contributed by atoms with Gasteiger partial charge in [-0.15, -0.1) is 0 Å². The van der Waals surface area contributed by atoms with Crippen molar-refractivity contribution in [3.05, 3.63) is 0 Å². The van der Waals surface area contributed by atoms with Crippen LogP contribution in [0.3, 0.4) is 0 Å². The van der Waals surface area contributed by atoms with E-state index in [1.165, 1.54) is 6.92 Å². The summed E-state index contributed by atoms with van der Waals surface area (Å²) in [5, 5.41) is 0. The second kappa shape index (κ2) is 4.47. The van der Waals surface area contributed by atoms with Crippen LogP contribution in [-0.2, 0) is 29.1 Å². The van der Waals surface area contributed by atoms with Gasteiger partial charge in [0.2, 0.25) is 0 Å². The molecule has 0 atom stereocenters. The second-order valence-corrected chi connectivity index (χ2v) is 2.31. The van der Waals surface area contributed by atoms with Crippen molar-refractivity contribution in [2.45, 2.75) is 13.3 Å². The predicted octanol–water partition coefficient (Wildman–Crippen LogP) is -0.235. The van der Waals surface area contributed by atoms with Gasteiger partial charge in [-0.05, 0) is 0 Å². The summed E-state index contributed by atoms with van der Waals surface area (Å²) in [6.45, 7) is 1.33. The van der Waals surface area contributed by atoms with Crippen molar-refractivity contribution in [1.82, 2.24) is 0 Å². The quantitative estimate of drug-likeness (QED) is 0.542. The molecule has 0 aromatic carbocycles. The maximum absolute atomic E-state index is 10.4. The van der Waals surface area contributed by atoms with Crippen molar-refractivity contribution < 1.29 is 29.1 Å². The number of ketones is 2. The zero-order chi connectivity index (χ0) is 7.28. The number of Topliss-reactive ketones (excluding diaryl/α,β-unsaturated/α-hetero) is 2. The average Bonchev–Trinajstić information content (AvgIpc) is 1.63. The summed E-state index contributed by atoms with van der Waals surface area (Å²) in [7, 11) is 0. The SMILES string of the molecule is CC(=O)CC(=O)[CH]=[V]=[O]. The summed E-state index contributed by atoms with van der Waals surface area (Å²) in [6.07, 6.45) is -0.113. The van der Waals surface area contributed by atoms with Gasteiger partial charge in [0.25, 0.3) is 0 Å². The molecule has 9 heavy (non-hydrogen) atoms. The molecule has 0 aromatic heterocycles. The molecule has 0 unspecified atom stereocenters. The molecule has 0 aliphatic carbocycles. The number of carbonyl (C=O) groups is 2. The van der Waals surface area contributed by atoms with Crippen molar-refractivity contribution in [1.29, 1.82) is 0 Å². The van der Waals surface area contributed by atoms with Crippen molar-refractivity contribution >= 4 is 16.3 Å². The van der Waals surface area contributed by atoms with Crippen molar-refractivity contribution in [2.24, 2.45) is 0 Å². The van der Waals surface area contributed by atoms with Gasteiger partial charge in [-0.25, -0.2) is 0 Å². The minimum atomic E-state index is -1.22. The van der Waals surface area contributed by atoms with Crippen LogP contribution in [-0.4, -0.2) is 16.3 Å². The van der Waals surface area contributed by atoms with E-state index in [1.807, 2.05) is 0 Å². The topological polar surface area (TPSA) is 51.2 Å². The van der Waals surface area contributed by atoms with Crippen LogP contribution in [0.4, 0.5) is 0 Å². The van der Waals surface area contributed by atoms with Crippen LogP contribution in [0.5, 0.6) is 0 Å². The normalized spacial score (nSPS) is 7.67. The molecule has 0 bridgehead atoms. The molecule has 0 amide bonds. The van der Waals surface area contributed by atoms with Crippen LogP contribution in [0.1, 0.15) is 13.3 Å². The van der Waals surface area contributed by atoms with E-state index < -0.39 is 15.8 Å². The molecule has 0 spiro atoms. The van der Waals surface area contributed by atoms with Gasteiger partial charge in [0.05, 0.1) is 0 Å². The molecule has 3 nitrogen and oxygen atoms in total. The summed E-state index contributed by atoms with van der Waals surface area (Å²) in [6, 6.07) is 0. The molecule has 0 aromatic rings. The van der Waals surface area contributed by atoms with Gasteiger partial charge < -0.3 is 0 Å². The molecule has 0 rings (SSSR count). The fraction of sp³-hybridized carbons (Fsp3) is 0.400. The van der Waals surface area contributed by atoms with E-state index in [-0.39, 0.29) is 18.0 Å². The zero-order valence-electron chi connectivity index (χ0n) is 4.96. The second-order valence-electron chi connectivity index (χ2n) is 1.58. The van der Waals surface area contributed by atoms with Crippen LogP contribution in [0.25, 0.3) is 0 Å². The Kier molecular flexibility index (Phi) is 4.27. The molecule has 0 saturated heterocycles. The fourth-order valence-electron chi connectivity index (χ4n) is 0.350. The third-order valence-electron chi connectivity index (χ3n) is 0.620. The first-order valence-electron chi connectivity index (χ1n) is 2.34. The van der Waals surface area contributed by atoms with Gasteiger partial charge in [-0.2, -0.15) is 0 Å². The first kappa shape index (κ1) is 8.59. The predicted molar refractivity (Wildman–Crippen MR) is 27.1 cm³/mol. The molecular formula is C5H6O3V. The van der Waals surface area contributed by atoms with Crippen molar-refractivity contribution in [3.63, 3.8) is 0 Å². The van der Waals surface area contributed by atoms with Crippen molar-refractivity contribution in [3.8, 4) is 0 Å². The first-order chi connectivity index (χ1) is 4.16. The van der Waals surface area contributed by atoms with E-state index in [0.29, 0.717) is 0 Å². The van der Waals surface area contributed by atoms with Crippen LogP contribution in [0.2, 0.25) is 0 Å². The Bertz CT molecular complexity index is 179. The van der Waals surface area contributed by atoms with Gasteiger partial charge in [0, 0.05) is 0 Å². The molecule has 0 radical (unpaired) electrons. The van der Waals surface area contributed by atoms with Crippen LogP contribution >= 0.6 is 0 Å². The molecule has 4 heteroatoms. The van der Waals surface area contributed by atoms with E-state index >= 15 is 0 Å². The summed E-state index contributed by atoms with van der Waals surface area (Å²) in [5.41, 5.74) is 0. The molecule has 0 aliphatic rings. The minimum absolute atomic E-state index is 0.113. The standard InChI is InChI=1S/C5H6O2.O.V/c1-4(6)3-5(2)7;;/h1H,3H2,2H3;;. The number of hydrogen-bond acceptors (Lipinski definition) is 3. The summed E-state index contributed by atoms with van der Waals surface area (Å²) >= 11 is -1.22. The molecule has 0 saturated carbocycles. The zero-order valence-corrected chi connectivity index (χ0v) is 6.35. The fourth-order valence-corrected chi connectivity index (χ4v) is 0.676. The molecule has 49 valence electrons. The summed E-state index contributed by atoms with van der Waals surface area (Å²) < 4.78 is 10.9. The van der Waals surface area contributed by atoms with Gasteiger partial charge >= 0.3 is 58.7 Å². The molecule has 0 heterocycles. The van der Waals surface area contributed by atoms with E-state index in [2.05, 4.69) is 0 Å². The molecule has 0 aliphatic heterocycles. The van der Waals surface area contributed by atoms with Gasteiger partial charge in [0.15, 0.2) is 0 Å². The van der Waals surface area contributed by atoms with E-state index in [9.17, 15) is 13.3 Å². The van der Waals surface area contributed by atoms with E-state index in [0.717, 1.165) is 4.73 Å². The van der Waals surface area contributed by atoms with Gasteiger partial charge in [-0.3, -0.25) is 0 Å². The Balaban J connectivity index is 3.78. The third-order valence-corrected chi connectivity index (χ3v) is 1.23. The number of hydrogen-bond donors (Lipinski definition) is 0. The van der Waals surface area contributed by atoms with E-state index in [1.54, 1.807) is 0 Å².